The number of nitrogens with zero attached hydrogens (tertiary/aromatic N) is 5. The molecule has 3 aliphatic heterocycles. The molecule has 0 spiro atoms. The Kier molecular flexibility index (Phi) is 5.16. The number of carbonyl (C=O) groups excluding carboxylic acids is 1. The van der Waals surface area contributed by atoms with Crippen LogP contribution in [0.15, 0.2) is 88.7 Å². The molecular weight excluding hydrogens is 436 g/mol. The zero-order chi connectivity index (χ0) is 24.0. The Labute approximate surface area is 204 Å². The number of aromatic nitrogens is 1. The maximum Gasteiger partial charge on any atom is 0.236 e. The van der Waals surface area contributed by atoms with Gasteiger partial charge in [0.05, 0.1) is 29.5 Å². The van der Waals surface area contributed by atoms with E-state index in [1.165, 1.54) is 0 Å². The quantitative estimate of drug-likeness (QED) is 0.459. The van der Waals surface area contributed by atoms with E-state index >= 15 is 0 Å². The predicted molar refractivity (Wildman–Crippen MR) is 139 cm³/mol. The number of allylic oxidation sites excluding steroid dienone is 1. The highest BCUT2D eigenvalue weighted by atomic mass is 16.2. The molecule has 0 saturated carbocycles. The second-order valence-corrected chi connectivity index (χ2v) is 9.31. The fraction of sp³-hybridized carbons (Fsp3) is 0.214. The lowest BCUT2D eigenvalue weighted by Crippen LogP contribution is -2.56. The normalized spacial score (nSPS) is 22.0. The van der Waals surface area contributed by atoms with Crippen LogP contribution in [0.2, 0.25) is 0 Å². The summed E-state index contributed by atoms with van der Waals surface area (Å²) in [5.74, 6) is 8.18. The highest BCUT2D eigenvalue weighted by Crippen LogP contribution is 2.39. The minimum atomic E-state index is 0.0408. The van der Waals surface area contributed by atoms with E-state index in [-0.39, 0.29) is 16.4 Å². The molecule has 7 heteroatoms. The Hall–Kier alpha value is -3.94. The lowest BCUT2D eigenvalue weighted by Gasteiger charge is -2.35. The SMILES string of the molecule is CC(=O)N1CCC(C2=NC(c3ccc4ccc(-c5ccccc5)nc4c3)=C3C=NC=C[N+]23N)CC1. The molecule has 7 nitrogen and oxygen atoms in total. The van der Waals surface area contributed by atoms with Crippen molar-refractivity contribution in [3.63, 3.8) is 0 Å². The van der Waals surface area contributed by atoms with Gasteiger partial charge in [-0.25, -0.2) is 4.98 Å². The van der Waals surface area contributed by atoms with E-state index in [1.807, 2.05) is 35.5 Å². The topological polar surface area (TPSA) is 83.9 Å². The summed E-state index contributed by atoms with van der Waals surface area (Å²) in [6.45, 7) is 3.08. The van der Waals surface area contributed by atoms with Crippen molar-refractivity contribution in [2.24, 2.45) is 21.7 Å². The molecule has 3 aliphatic rings. The van der Waals surface area contributed by atoms with Gasteiger partial charge in [0.1, 0.15) is 11.9 Å². The van der Waals surface area contributed by atoms with Crippen molar-refractivity contribution in [1.82, 2.24) is 9.88 Å². The standard InChI is InChI=1S/C28H27N6O/c1-19(35)33-14-11-22(12-15-33)28-32-27(26-18-30-13-16-34(26,28)29)23-8-7-21-9-10-24(31-25(21)17-23)20-5-3-2-4-6-20/h2-10,13,16-18,22H,11-12,14-15,29H2,1H3/q+1. The van der Waals surface area contributed by atoms with Gasteiger partial charge in [0.25, 0.3) is 0 Å². The Bertz CT molecular complexity index is 1450. The third-order valence-corrected chi connectivity index (χ3v) is 7.17. The largest absolute Gasteiger partial charge is 0.343 e. The molecule has 0 bridgehead atoms. The van der Waals surface area contributed by atoms with E-state index < -0.39 is 0 Å². The Balaban J connectivity index is 1.40. The molecule has 4 heterocycles. The maximum atomic E-state index is 11.8. The molecule has 2 N–H and O–H groups in total. The summed E-state index contributed by atoms with van der Waals surface area (Å²) >= 11 is 0. The van der Waals surface area contributed by atoms with Gasteiger partial charge in [-0.15, -0.1) is 4.59 Å². The molecular formula is C28H27N6O+. The number of pyridine rings is 1. The third kappa shape index (κ3) is 3.69. The molecule has 1 aromatic heterocycles. The summed E-state index contributed by atoms with van der Waals surface area (Å²) in [6, 6.07) is 20.6. The fourth-order valence-corrected chi connectivity index (χ4v) is 5.22. The molecule has 1 atom stereocenters. The van der Waals surface area contributed by atoms with Crippen LogP contribution in [0.3, 0.4) is 0 Å². The first-order chi connectivity index (χ1) is 17.0. The summed E-state index contributed by atoms with van der Waals surface area (Å²) < 4.78 is 0.0408. The van der Waals surface area contributed by atoms with Gasteiger partial charge >= 0.3 is 0 Å². The van der Waals surface area contributed by atoms with Gasteiger partial charge in [-0.05, 0) is 25.0 Å². The number of amides is 1. The van der Waals surface area contributed by atoms with Crippen molar-refractivity contribution in [2.45, 2.75) is 19.8 Å². The molecule has 3 aromatic rings. The number of quaternary nitrogens is 1. The van der Waals surface area contributed by atoms with E-state index in [9.17, 15) is 4.79 Å². The van der Waals surface area contributed by atoms with Crippen molar-refractivity contribution in [3.05, 3.63) is 84.3 Å². The molecule has 1 fully saturated rings. The van der Waals surface area contributed by atoms with Crippen LogP contribution >= 0.6 is 0 Å². The minimum Gasteiger partial charge on any atom is -0.343 e. The van der Waals surface area contributed by atoms with Crippen molar-refractivity contribution < 1.29 is 9.39 Å². The molecule has 1 unspecified atom stereocenters. The number of aliphatic imine (C=N–C) groups is 2. The Morgan fingerprint density at radius 1 is 1.03 bits per heavy atom. The van der Waals surface area contributed by atoms with E-state index in [2.05, 4.69) is 47.5 Å². The van der Waals surface area contributed by atoms with Gasteiger partial charge in [0.2, 0.25) is 17.4 Å². The lowest BCUT2D eigenvalue weighted by molar-refractivity contribution is -0.754. The summed E-state index contributed by atoms with van der Waals surface area (Å²) in [4.78, 5) is 28.1. The zero-order valence-corrected chi connectivity index (χ0v) is 19.6. The highest BCUT2D eigenvalue weighted by molar-refractivity contribution is 6.01. The van der Waals surface area contributed by atoms with Gasteiger partial charge in [-0.1, -0.05) is 48.5 Å². The van der Waals surface area contributed by atoms with Crippen molar-refractivity contribution in [2.75, 3.05) is 13.1 Å². The number of piperidine rings is 1. The van der Waals surface area contributed by atoms with Gasteiger partial charge < -0.3 is 4.90 Å². The molecule has 1 amide bonds. The number of hydrogen-bond donors (Lipinski definition) is 1. The maximum absolute atomic E-state index is 11.8. The first-order valence-corrected chi connectivity index (χ1v) is 12.0. The summed E-state index contributed by atoms with van der Waals surface area (Å²) in [5.41, 5.74) is 5.59. The van der Waals surface area contributed by atoms with Gasteiger partial charge in [0, 0.05) is 36.5 Å². The predicted octanol–water partition coefficient (Wildman–Crippen LogP) is 4.49. The summed E-state index contributed by atoms with van der Waals surface area (Å²) in [5, 5.41) is 1.07. The minimum absolute atomic E-state index is 0.0408. The second kappa shape index (κ2) is 8.37. The fourth-order valence-electron chi connectivity index (χ4n) is 5.22. The van der Waals surface area contributed by atoms with Crippen LogP contribution in [0.5, 0.6) is 0 Å². The monoisotopic (exact) mass is 463 g/mol. The van der Waals surface area contributed by atoms with Gasteiger partial charge in [-0.2, -0.15) is 10.8 Å². The van der Waals surface area contributed by atoms with Crippen LogP contribution in [-0.2, 0) is 4.79 Å². The van der Waals surface area contributed by atoms with E-state index in [1.54, 1.807) is 13.1 Å². The molecule has 6 rings (SSSR count). The van der Waals surface area contributed by atoms with Gasteiger partial charge in [-0.3, -0.25) is 9.79 Å². The number of amidine groups is 1. The molecule has 2 aromatic carbocycles. The van der Waals surface area contributed by atoms with Crippen LogP contribution in [-0.4, -0.2) is 45.5 Å². The van der Waals surface area contributed by atoms with Crippen LogP contribution in [0.1, 0.15) is 25.3 Å². The molecule has 0 aliphatic carbocycles. The van der Waals surface area contributed by atoms with E-state index in [0.29, 0.717) is 0 Å². The Morgan fingerprint density at radius 3 is 2.57 bits per heavy atom. The van der Waals surface area contributed by atoms with Gasteiger partial charge in [0.15, 0.2) is 0 Å². The number of likely N-dealkylation sites (tertiary alicyclic amines) is 1. The number of rotatable bonds is 3. The Morgan fingerprint density at radius 2 is 1.80 bits per heavy atom. The molecule has 1 saturated heterocycles. The third-order valence-electron chi connectivity index (χ3n) is 7.17. The summed E-state index contributed by atoms with van der Waals surface area (Å²) in [6.07, 6.45) is 7.14. The second-order valence-electron chi connectivity index (χ2n) is 9.31. The van der Waals surface area contributed by atoms with E-state index in [4.69, 9.17) is 15.8 Å². The van der Waals surface area contributed by atoms with Crippen LogP contribution in [0, 0.1) is 5.92 Å². The van der Waals surface area contributed by atoms with Crippen LogP contribution < -0.4 is 5.84 Å². The molecule has 35 heavy (non-hydrogen) atoms. The average Bonchev–Trinajstić information content (AvgIpc) is 3.21. The molecule has 0 radical (unpaired) electrons. The lowest BCUT2D eigenvalue weighted by atomic mass is 9.94. The first-order valence-electron chi connectivity index (χ1n) is 12.0. The summed E-state index contributed by atoms with van der Waals surface area (Å²) in [7, 11) is 0. The van der Waals surface area contributed by atoms with Crippen LogP contribution in [0.4, 0.5) is 0 Å². The van der Waals surface area contributed by atoms with Crippen molar-refractivity contribution in [1.29, 1.82) is 0 Å². The zero-order valence-electron chi connectivity index (χ0n) is 19.6. The smallest absolute Gasteiger partial charge is 0.236 e. The number of nitrogens with two attached hydrogens (primary N) is 1. The number of benzene rings is 2. The number of fused-ring (bicyclic) bond motifs is 2. The average molecular weight is 464 g/mol. The van der Waals surface area contributed by atoms with E-state index in [0.717, 1.165) is 70.9 Å². The number of carbonyl (C=O) groups is 1. The highest BCUT2D eigenvalue weighted by Gasteiger charge is 2.47. The van der Waals surface area contributed by atoms with Crippen molar-refractivity contribution >= 4 is 34.6 Å². The van der Waals surface area contributed by atoms with Crippen molar-refractivity contribution in [3.8, 4) is 11.3 Å². The number of hydrogen-bond acceptors (Lipinski definition) is 5. The van der Waals surface area contributed by atoms with Crippen LogP contribution in [0.25, 0.3) is 27.9 Å². The first kappa shape index (κ1) is 21.6. The molecule has 174 valence electrons.